The van der Waals surface area contributed by atoms with Gasteiger partial charge in [-0.2, -0.15) is 5.10 Å². The second kappa shape index (κ2) is 7.04. The van der Waals surface area contributed by atoms with Gasteiger partial charge >= 0.3 is 0 Å². The van der Waals surface area contributed by atoms with Crippen molar-refractivity contribution in [1.82, 2.24) is 15.1 Å². The summed E-state index contributed by atoms with van der Waals surface area (Å²) < 4.78 is 3.25. The Bertz CT molecular complexity index is 563. The number of aryl methyl sites for hydroxylation is 2. The van der Waals surface area contributed by atoms with E-state index in [0.29, 0.717) is 0 Å². The summed E-state index contributed by atoms with van der Waals surface area (Å²) in [5.74, 6) is 0. The zero-order valence-corrected chi connectivity index (χ0v) is 13.9. The van der Waals surface area contributed by atoms with Gasteiger partial charge in [0.1, 0.15) is 0 Å². The quantitative estimate of drug-likeness (QED) is 0.862. The van der Waals surface area contributed by atoms with Crippen LogP contribution in [0.1, 0.15) is 43.1 Å². The van der Waals surface area contributed by atoms with Crippen LogP contribution in [-0.2, 0) is 6.54 Å². The molecule has 2 aromatic rings. The molecule has 0 amide bonds. The van der Waals surface area contributed by atoms with Crippen LogP contribution < -0.4 is 5.32 Å². The minimum Gasteiger partial charge on any atom is -0.305 e. The molecule has 0 spiro atoms. The Kier molecular flexibility index (Phi) is 5.38. The van der Waals surface area contributed by atoms with E-state index in [1.54, 1.807) is 0 Å². The van der Waals surface area contributed by atoms with Gasteiger partial charge in [-0.25, -0.2) is 0 Å². The predicted molar refractivity (Wildman–Crippen MR) is 86.9 cm³/mol. The summed E-state index contributed by atoms with van der Waals surface area (Å²) in [5, 5.41) is 8.01. The highest BCUT2D eigenvalue weighted by Crippen LogP contribution is 2.26. The lowest BCUT2D eigenvalue weighted by molar-refractivity contribution is 0.520. The maximum atomic E-state index is 4.44. The number of halogens is 1. The first-order valence-corrected chi connectivity index (χ1v) is 7.97. The second-order valence-corrected chi connectivity index (χ2v) is 5.83. The molecule has 1 atom stereocenters. The topological polar surface area (TPSA) is 29.9 Å². The third-order valence-corrected chi connectivity index (χ3v) is 4.29. The maximum Gasteiger partial charge on any atom is 0.0748 e. The number of hydrogen-bond acceptors (Lipinski definition) is 2. The van der Waals surface area contributed by atoms with Crippen LogP contribution in [0.3, 0.4) is 0 Å². The van der Waals surface area contributed by atoms with Gasteiger partial charge in [-0.3, -0.25) is 4.68 Å². The molecule has 1 aromatic carbocycles. The first kappa shape index (κ1) is 15.3. The second-order valence-electron chi connectivity index (χ2n) is 4.98. The van der Waals surface area contributed by atoms with Gasteiger partial charge in [-0.05, 0) is 43.1 Å². The van der Waals surface area contributed by atoms with E-state index in [-0.39, 0.29) is 6.04 Å². The number of hydrogen-bond donors (Lipinski definition) is 1. The first-order valence-electron chi connectivity index (χ1n) is 7.18. The Morgan fingerprint density at radius 2 is 2.10 bits per heavy atom. The van der Waals surface area contributed by atoms with Gasteiger partial charge in [-0.15, -0.1) is 0 Å². The zero-order valence-electron chi connectivity index (χ0n) is 12.4. The van der Waals surface area contributed by atoms with E-state index in [4.69, 9.17) is 0 Å². The minimum atomic E-state index is 0.195. The van der Waals surface area contributed by atoms with Crippen molar-refractivity contribution in [1.29, 1.82) is 0 Å². The third-order valence-electron chi connectivity index (χ3n) is 3.40. The molecule has 0 aliphatic heterocycles. The highest BCUT2D eigenvalue weighted by atomic mass is 79.9. The predicted octanol–water partition coefficient (Wildman–Crippen LogP) is 4.06. The van der Waals surface area contributed by atoms with Gasteiger partial charge in [0.25, 0.3) is 0 Å². The van der Waals surface area contributed by atoms with Crippen molar-refractivity contribution in [2.45, 2.75) is 39.8 Å². The largest absolute Gasteiger partial charge is 0.305 e. The average molecular weight is 336 g/mol. The highest BCUT2D eigenvalue weighted by Gasteiger charge is 2.17. The molecule has 0 saturated heterocycles. The molecule has 1 aromatic heterocycles. The van der Waals surface area contributed by atoms with Crippen LogP contribution >= 0.6 is 15.9 Å². The van der Waals surface area contributed by atoms with E-state index < -0.39 is 0 Å². The molecule has 3 nitrogen and oxygen atoms in total. The molecular weight excluding hydrogens is 314 g/mol. The molecule has 0 radical (unpaired) electrons. The molecule has 0 fully saturated rings. The smallest absolute Gasteiger partial charge is 0.0748 e. The molecule has 1 unspecified atom stereocenters. The Morgan fingerprint density at radius 3 is 2.75 bits per heavy atom. The van der Waals surface area contributed by atoms with Crippen LogP contribution in [-0.4, -0.2) is 16.3 Å². The SMILES string of the molecule is CCCn1nccc1C(NCC)c1ccc(Br)c(C)c1. The number of nitrogens with one attached hydrogen (secondary N) is 1. The lowest BCUT2D eigenvalue weighted by Crippen LogP contribution is -2.25. The van der Waals surface area contributed by atoms with Crippen molar-refractivity contribution in [3.8, 4) is 0 Å². The van der Waals surface area contributed by atoms with E-state index in [1.165, 1.54) is 16.8 Å². The highest BCUT2D eigenvalue weighted by molar-refractivity contribution is 9.10. The van der Waals surface area contributed by atoms with Gasteiger partial charge in [0, 0.05) is 17.2 Å². The molecular formula is C16H22BrN3. The lowest BCUT2D eigenvalue weighted by Gasteiger charge is -2.20. The summed E-state index contributed by atoms with van der Waals surface area (Å²) >= 11 is 3.57. The molecule has 0 aliphatic carbocycles. The fraction of sp³-hybridized carbons (Fsp3) is 0.438. The van der Waals surface area contributed by atoms with Crippen LogP contribution in [0.15, 0.2) is 34.9 Å². The summed E-state index contributed by atoms with van der Waals surface area (Å²) in [4.78, 5) is 0. The van der Waals surface area contributed by atoms with Crippen molar-refractivity contribution in [3.63, 3.8) is 0 Å². The van der Waals surface area contributed by atoms with Crippen molar-refractivity contribution in [2.75, 3.05) is 6.54 Å². The Labute approximate surface area is 129 Å². The average Bonchev–Trinajstić information content (AvgIpc) is 2.88. The van der Waals surface area contributed by atoms with E-state index >= 15 is 0 Å². The standard InChI is InChI=1S/C16H22BrN3/c1-4-10-20-15(8-9-19-20)16(18-5-2)13-6-7-14(17)12(3)11-13/h6-9,11,16,18H,4-5,10H2,1-3H3. The molecule has 108 valence electrons. The molecule has 2 rings (SSSR count). The van der Waals surface area contributed by atoms with Crippen LogP contribution in [0.4, 0.5) is 0 Å². The van der Waals surface area contributed by atoms with Crippen molar-refractivity contribution < 1.29 is 0 Å². The molecule has 0 aliphatic rings. The Balaban J connectivity index is 2.39. The molecule has 4 heteroatoms. The normalized spacial score (nSPS) is 12.6. The summed E-state index contributed by atoms with van der Waals surface area (Å²) in [7, 11) is 0. The van der Waals surface area contributed by atoms with E-state index in [0.717, 1.165) is 24.0 Å². The first-order chi connectivity index (χ1) is 9.67. The number of aromatic nitrogens is 2. The molecule has 1 N–H and O–H groups in total. The third kappa shape index (κ3) is 3.30. The van der Waals surface area contributed by atoms with Crippen molar-refractivity contribution >= 4 is 15.9 Å². The van der Waals surface area contributed by atoms with Crippen molar-refractivity contribution in [2.24, 2.45) is 0 Å². The van der Waals surface area contributed by atoms with E-state index in [2.05, 4.69) is 76.1 Å². The summed E-state index contributed by atoms with van der Waals surface area (Å²) in [6.45, 7) is 8.33. The molecule has 0 saturated carbocycles. The minimum absolute atomic E-state index is 0.195. The summed E-state index contributed by atoms with van der Waals surface area (Å²) in [6.07, 6.45) is 2.98. The van der Waals surface area contributed by atoms with Gasteiger partial charge in [0.05, 0.1) is 11.7 Å². The fourth-order valence-corrected chi connectivity index (χ4v) is 2.68. The van der Waals surface area contributed by atoms with Gasteiger partial charge < -0.3 is 5.32 Å². The monoisotopic (exact) mass is 335 g/mol. The van der Waals surface area contributed by atoms with Crippen molar-refractivity contribution in [3.05, 3.63) is 51.8 Å². The molecule has 20 heavy (non-hydrogen) atoms. The molecule has 1 heterocycles. The number of nitrogens with zero attached hydrogens (tertiary/aromatic N) is 2. The fourth-order valence-electron chi connectivity index (χ4n) is 2.43. The van der Waals surface area contributed by atoms with Gasteiger partial charge in [-0.1, -0.05) is 41.9 Å². The Morgan fingerprint density at radius 1 is 1.30 bits per heavy atom. The maximum absolute atomic E-state index is 4.44. The lowest BCUT2D eigenvalue weighted by atomic mass is 10.0. The van der Waals surface area contributed by atoms with Crippen LogP contribution in [0.25, 0.3) is 0 Å². The van der Waals surface area contributed by atoms with Gasteiger partial charge in [0.15, 0.2) is 0 Å². The summed E-state index contributed by atoms with van der Waals surface area (Å²) in [6, 6.07) is 8.84. The molecule has 0 bridgehead atoms. The van der Waals surface area contributed by atoms with Crippen LogP contribution in [0.2, 0.25) is 0 Å². The zero-order chi connectivity index (χ0) is 14.5. The summed E-state index contributed by atoms with van der Waals surface area (Å²) in [5.41, 5.74) is 3.77. The van der Waals surface area contributed by atoms with Crippen LogP contribution in [0, 0.1) is 6.92 Å². The van der Waals surface area contributed by atoms with E-state index in [9.17, 15) is 0 Å². The van der Waals surface area contributed by atoms with E-state index in [1.807, 2.05) is 6.20 Å². The number of rotatable bonds is 6. The van der Waals surface area contributed by atoms with Crippen LogP contribution in [0.5, 0.6) is 0 Å². The van der Waals surface area contributed by atoms with Gasteiger partial charge in [0.2, 0.25) is 0 Å². The number of benzene rings is 1. The Hall–Kier alpha value is -1.13.